The third-order valence-electron chi connectivity index (χ3n) is 2.52. The summed E-state index contributed by atoms with van der Waals surface area (Å²) in [5.41, 5.74) is 0. The molecule has 0 spiro atoms. The van der Waals surface area contributed by atoms with E-state index >= 15 is 0 Å². The molecule has 0 aliphatic rings. The van der Waals surface area contributed by atoms with Gasteiger partial charge in [0.2, 0.25) is 0 Å². The molecule has 11 heavy (non-hydrogen) atoms. The normalized spacial score (nSPS) is 14.5. The molecule has 66 valence electrons. The highest BCUT2D eigenvalue weighted by atomic mass is 14.3. The standard InChI is InChI=1S/C11H22/c1-7-10(6)11(8(2)3)9(4)5/h7-11H,1H2,2-6H3. The van der Waals surface area contributed by atoms with Gasteiger partial charge >= 0.3 is 0 Å². The van der Waals surface area contributed by atoms with Crippen LogP contribution in [0.5, 0.6) is 0 Å². The molecule has 0 saturated heterocycles. The molecule has 0 aliphatic carbocycles. The van der Waals surface area contributed by atoms with E-state index in [1.165, 1.54) is 0 Å². The van der Waals surface area contributed by atoms with Crippen LogP contribution in [-0.4, -0.2) is 0 Å². The molecule has 1 unspecified atom stereocenters. The predicted molar refractivity (Wildman–Crippen MR) is 52.5 cm³/mol. The minimum Gasteiger partial charge on any atom is -0.103 e. The smallest absolute Gasteiger partial charge is 0.0231 e. The summed E-state index contributed by atoms with van der Waals surface area (Å²) in [5, 5.41) is 0. The molecule has 0 aromatic heterocycles. The van der Waals surface area contributed by atoms with Crippen molar-refractivity contribution in [2.45, 2.75) is 34.6 Å². The van der Waals surface area contributed by atoms with E-state index in [4.69, 9.17) is 0 Å². The Hall–Kier alpha value is -0.260. The van der Waals surface area contributed by atoms with Gasteiger partial charge in [-0.2, -0.15) is 0 Å². The SMILES string of the molecule is C=CC(C)C(C(C)C)C(C)C. The monoisotopic (exact) mass is 154 g/mol. The fourth-order valence-electron chi connectivity index (χ4n) is 2.14. The second kappa shape index (κ2) is 4.58. The van der Waals surface area contributed by atoms with Crippen LogP contribution in [0.2, 0.25) is 0 Å². The molecule has 0 saturated carbocycles. The van der Waals surface area contributed by atoms with Crippen molar-refractivity contribution in [2.24, 2.45) is 23.7 Å². The molecule has 0 heteroatoms. The number of allylic oxidation sites excluding steroid dienone is 1. The summed E-state index contributed by atoms with van der Waals surface area (Å²) in [7, 11) is 0. The van der Waals surface area contributed by atoms with E-state index in [0.717, 1.165) is 17.8 Å². The quantitative estimate of drug-likeness (QED) is 0.541. The number of hydrogen-bond acceptors (Lipinski definition) is 0. The van der Waals surface area contributed by atoms with Crippen LogP contribution in [0.3, 0.4) is 0 Å². The first-order chi connectivity index (χ1) is 5.00. The summed E-state index contributed by atoms with van der Waals surface area (Å²) in [6.07, 6.45) is 2.07. The van der Waals surface area contributed by atoms with Crippen molar-refractivity contribution >= 4 is 0 Å². The molecule has 0 bridgehead atoms. The first-order valence-electron chi connectivity index (χ1n) is 4.63. The summed E-state index contributed by atoms with van der Waals surface area (Å²) in [4.78, 5) is 0. The van der Waals surface area contributed by atoms with E-state index in [0.29, 0.717) is 5.92 Å². The fraction of sp³-hybridized carbons (Fsp3) is 0.818. The van der Waals surface area contributed by atoms with Crippen LogP contribution in [0.25, 0.3) is 0 Å². The minimum atomic E-state index is 0.648. The highest BCUT2D eigenvalue weighted by Crippen LogP contribution is 2.28. The van der Waals surface area contributed by atoms with E-state index in [1.807, 2.05) is 0 Å². The maximum Gasteiger partial charge on any atom is -0.0231 e. The maximum absolute atomic E-state index is 3.85. The zero-order chi connectivity index (χ0) is 9.02. The lowest BCUT2D eigenvalue weighted by atomic mass is 9.77. The summed E-state index contributed by atoms with van der Waals surface area (Å²) in [6, 6.07) is 0. The third-order valence-corrected chi connectivity index (χ3v) is 2.52. The topological polar surface area (TPSA) is 0 Å². The molecule has 0 rings (SSSR count). The van der Waals surface area contributed by atoms with Crippen molar-refractivity contribution in [1.29, 1.82) is 0 Å². The van der Waals surface area contributed by atoms with Crippen molar-refractivity contribution in [2.75, 3.05) is 0 Å². The first kappa shape index (κ1) is 10.7. The molecule has 0 nitrogen and oxygen atoms in total. The molecule has 1 atom stereocenters. The number of rotatable bonds is 4. The Morgan fingerprint density at radius 2 is 1.27 bits per heavy atom. The Kier molecular flexibility index (Phi) is 4.48. The zero-order valence-corrected chi connectivity index (χ0v) is 8.59. The lowest BCUT2D eigenvalue weighted by Gasteiger charge is -2.28. The lowest BCUT2D eigenvalue weighted by molar-refractivity contribution is 0.231. The predicted octanol–water partition coefficient (Wildman–Crippen LogP) is 3.74. The largest absolute Gasteiger partial charge is 0.103 e. The van der Waals surface area contributed by atoms with Gasteiger partial charge in [0.25, 0.3) is 0 Å². The highest BCUT2D eigenvalue weighted by Gasteiger charge is 2.21. The Bertz CT molecular complexity index is 103. The van der Waals surface area contributed by atoms with Gasteiger partial charge in [-0.1, -0.05) is 40.7 Å². The highest BCUT2D eigenvalue weighted by molar-refractivity contribution is 4.84. The van der Waals surface area contributed by atoms with Crippen LogP contribution in [0.4, 0.5) is 0 Å². The van der Waals surface area contributed by atoms with Crippen LogP contribution in [-0.2, 0) is 0 Å². The second-order valence-corrected chi connectivity index (χ2v) is 4.16. The van der Waals surface area contributed by atoms with Crippen molar-refractivity contribution in [3.8, 4) is 0 Å². The molecule has 0 N–H and O–H groups in total. The Labute approximate surface area is 71.7 Å². The van der Waals surface area contributed by atoms with E-state index in [-0.39, 0.29) is 0 Å². The van der Waals surface area contributed by atoms with Gasteiger partial charge in [-0.25, -0.2) is 0 Å². The van der Waals surface area contributed by atoms with E-state index < -0.39 is 0 Å². The Balaban J connectivity index is 4.20. The average molecular weight is 154 g/mol. The second-order valence-electron chi connectivity index (χ2n) is 4.16. The van der Waals surface area contributed by atoms with Gasteiger partial charge in [0, 0.05) is 0 Å². The lowest BCUT2D eigenvalue weighted by Crippen LogP contribution is -2.21. The molecular weight excluding hydrogens is 132 g/mol. The van der Waals surface area contributed by atoms with Crippen LogP contribution in [0, 0.1) is 23.7 Å². The Morgan fingerprint density at radius 1 is 0.909 bits per heavy atom. The van der Waals surface area contributed by atoms with E-state index in [2.05, 4.69) is 47.3 Å². The molecule has 0 amide bonds. The number of hydrogen-bond donors (Lipinski definition) is 0. The van der Waals surface area contributed by atoms with Gasteiger partial charge in [0.15, 0.2) is 0 Å². The summed E-state index contributed by atoms with van der Waals surface area (Å²) >= 11 is 0. The van der Waals surface area contributed by atoms with Gasteiger partial charge < -0.3 is 0 Å². The van der Waals surface area contributed by atoms with Gasteiger partial charge in [-0.05, 0) is 23.7 Å². The van der Waals surface area contributed by atoms with Gasteiger partial charge in [0.05, 0.1) is 0 Å². The third kappa shape index (κ3) is 3.09. The van der Waals surface area contributed by atoms with Gasteiger partial charge in [0.1, 0.15) is 0 Å². The molecular formula is C11H22. The molecule has 0 fully saturated rings. The Morgan fingerprint density at radius 3 is 1.36 bits per heavy atom. The molecule has 0 heterocycles. The van der Waals surface area contributed by atoms with Crippen molar-refractivity contribution < 1.29 is 0 Å². The molecule has 0 radical (unpaired) electrons. The fourth-order valence-corrected chi connectivity index (χ4v) is 2.14. The van der Waals surface area contributed by atoms with Crippen molar-refractivity contribution in [3.63, 3.8) is 0 Å². The minimum absolute atomic E-state index is 0.648. The molecule has 0 aliphatic heterocycles. The molecule has 0 aromatic rings. The maximum atomic E-state index is 3.85. The molecule has 0 aromatic carbocycles. The van der Waals surface area contributed by atoms with Crippen LogP contribution in [0.15, 0.2) is 12.7 Å². The van der Waals surface area contributed by atoms with E-state index in [1.54, 1.807) is 0 Å². The van der Waals surface area contributed by atoms with Crippen LogP contribution in [0.1, 0.15) is 34.6 Å². The van der Waals surface area contributed by atoms with Crippen molar-refractivity contribution in [1.82, 2.24) is 0 Å². The van der Waals surface area contributed by atoms with Crippen LogP contribution >= 0.6 is 0 Å². The van der Waals surface area contributed by atoms with Gasteiger partial charge in [-0.15, -0.1) is 6.58 Å². The van der Waals surface area contributed by atoms with Crippen molar-refractivity contribution in [3.05, 3.63) is 12.7 Å². The summed E-state index contributed by atoms with van der Waals surface area (Å²) in [5.74, 6) is 2.97. The summed E-state index contributed by atoms with van der Waals surface area (Å²) in [6.45, 7) is 15.3. The zero-order valence-electron chi connectivity index (χ0n) is 8.59. The van der Waals surface area contributed by atoms with Gasteiger partial charge in [-0.3, -0.25) is 0 Å². The average Bonchev–Trinajstić information content (AvgIpc) is 1.85. The first-order valence-corrected chi connectivity index (χ1v) is 4.63. The van der Waals surface area contributed by atoms with E-state index in [9.17, 15) is 0 Å². The summed E-state index contributed by atoms with van der Waals surface area (Å²) < 4.78 is 0. The van der Waals surface area contributed by atoms with Crippen LogP contribution < -0.4 is 0 Å².